The first-order valence-electron chi connectivity index (χ1n) is 10.2. The van der Waals surface area contributed by atoms with Gasteiger partial charge >= 0.3 is 0 Å². The van der Waals surface area contributed by atoms with Crippen molar-refractivity contribution in [3.63, 3.8) is 0 Å². The Labute approximate surface area is 179 Å². The highest BCUT2D eigenvalue weighted by Crippen LogP contribution is 2.24. The number of carbonyl (C=O) groups is 1. The number of hydrogen-bond acceptors (Lipinski definition) is 5. The summed E-state index contributed by atoms with van der Waals surface area (Å²) in [4.78, 5) is 23.1. The molecule has 30 heavy (non-hydrogen) atoms. The Morgan fingerprint density at radius 2 is 1.80 bits per heavy atom. The average molecular weight is 430 g/mol. The van der Waals surface area contributed by atoms with Crippen molar-refractivity contribution in [1.29, 1.82) is 0 Å². The largest absolute Gasteiger partial charge is 0.343 e. The van der Waals surface area contributed by atoms with Gasteiger partial charge in [-0.15, -0.1) is 0 Å². The van der Waals surface area contributed by atoms with Crippen LogP contribution >= 0.6 is 0 Å². The first kappa shape index (κ1) is 23.7. The highest BCUT2D eigenvalue weighted by atomic mass is 28.4. The number of nitrogens with one attached hydrogen (secondary N) is 1. The van der Waals surface area contributed by atoms with Crippen molar-refractivity contribution in [1.82, 2.24) is 5.06 Å². The smallest absolute Gasteiger partial charge is 0.292 e. The number of carbonyl (C=O) groups excluding carboxylic acids is 1. The maximum absolute atomic E-state index is 12.5. The van der Waals surface area contributed by atoms with Crippen molar-refractivity contribution in [3.05, 3.63) is 69.8 Å². The number of anilines is 1. The Hall–Kier alpha value is -2.55. The van der Waals surface area contributed by atoms with Gasteiger partial charge < -0.3 is 9.84 Å². The standard InChI is InChI=1S/C22H31N3O4Si/c1-6-24(29-30(4,5)16-17(2)3)15-18-11-13-19(14-12-18)22(26)23-20-9-7-8-10-21(20)25(27)28/h7-14,17H,6,15-16H2,1-5H3,(H,23,26). The normalized spacial score (nSPS) is 11.7. The van der Waals surface area contributed by atoms with E-state index in [9.17, 15) is 14.9 Å². The number of rotatable bonds is 10. The number of nitrogens with zero attached hydrogens (tertiary/aromatic N) is 2. The summed E-state index contributed by atoms with van der Waals surface area (Å²) in [7, 11) is -1.78. The molecule has 0 aliphatic heterocycles. The van der Waals surface area contributed by atoms with Crippen LogP contribution in [0.2, 0.25) is 19.1 Å². The lowest BCUT2D eigenvalue weighted by Gasteiger charge is -2.32. The monoisotopic (exact) mass is 429 g/mol. The molecule has 1 N–H and O–H groups in total. The van der Waals surface area contributed by atoms with Crippen LogP contribution in [0.15, 0.2) is 48.5 Å². The third-order valence-electron chi connectivity index (χ3n) is 4.55. The third kappa shape index (κ3) is 7.05. The SMILES string of the molecule is CCN(Cc1ccc(C(=O)Nc2ccccc2[N+](=O)[O-])cc1)O[Si](C)(C)CC(C)C. The molecule has 0 radical (unpaired) electrons. The second kappa shape index (κ2) is 10.5. The van der Waals surface area contributed by atoms with Crippen molar-refractivity contribution < 1.29 is 14.2 Å². The highest BCUT2D eigenvalue weighted by Gasteiger charge is 2.27. The lowest BCUT2D eigenvalue weighted by Crippen LogP contribution is -2.40. The lowest BCUT2D eigenvalue weighted by atomic mass is 10.1. The van der Waals surface area contributed by atoms with Crippen LogP contribution < -0.4 is 5.32 Å². The summed E-state index contributed by atoms with van der Waals surface area (Å²) in [6, 6.07) is 14.4. The Morgan fingerprint density at radius 1 is 1.17 bits per heavy atom. The van der Waals surface area contributed by atoms with E-state index in [1.54, 1.807) is 24.3 Å². The molecule has 8 heteroatoms. The number of nitro benzene ring substituents is 1. The van der Waals surface area contributed by atoms with Crippen molar-refractivity contribution >= 4 is 25.6 Å². The Balaban J connectivity index is 2.03. The number of hydroxylamine groups is 2. The van der Waals surface area contributed by atoms with Crippen LogP contribution in [0.5, 0.6) is 0 Å². The molecule has 0 bridgehead atoms. The maximum atomic E-state index is 12.5. The minimum absolute atomic E-state index is 0.133. The number of benzene rings is 2. The lowest BCUT2D eigenvalue weighted by molar-refractivity contribution is -0.383. The van der Waals surface area contributed by atoms with Gasteiger partial charge in [0.05, 0.1) is 4.92 Å². The van der Waals surface area contributed by atoms with Gasteiger partial charge in [0, 0.05) is 24.7 Å². The summed E-state index contributed by atoms with van der Waals surface area (Å²) in [5.74, 6) is 0.216. The van der Waals surface area contributed by atoms with E-state index in [1.807, 2.05) is 17.2 Å². The quantitative estimate of drug-likeness (QED) is 0.308. The number of para-hydroxylation sites is 2. The van der Waals surface area contributed by atoms with Crippen LogP contribution in [0.4, 0.5) is 11.4 Å². The van der Waals surface area contributed by atoms with Gasteiger partial charge in [0.1, 0.15) is 5.69 Å². The zero-order valence-corrected chi connectivity index (χ0v) is 19.3. The molecule has 1 amide bonds. The molecule has 0 heterocycles. The van der Waals surface area contributed by atoms with Crippen molar-refractivity contribution in [2.75, 3.05) is 11.9 Å². The topological polar surface area (TPSA) is 84.7 Å². The first-order chi connectivity index (χ1) is 14.1. The van der Waals surface area contributed by atoms with Crippen LogP contribution in [0.3, 0.4) is 0 Å². The minimum Gasteiger partial charge on any atom is -0.343 e. The minimum atomic E-state index is -1.78. The fourth-order valence-electron chi connectivity index (χ4n) is 3.48. The Kier molecular flexibility index (Phi) is 8.28. The second-order valence-electron chi connectivity index (χ2n) is 8.33. The molecule has 0 saturated carbocycles. The van der Waals surface area contributed by atoms with Crippen LogP contribution in [-0.4, -0.2) is 30.8 Å². The molecule has 0 atom stereocenters. The van der Waals surface area contributed by atoms with Crippen LogP contribution in [0, 0.1) is 16.0 Å². The van der Waals surface area contributed by atoms with E-state index in [0.717, 1.165) is 18.2 Å². The van der Waals surface area contributed by atoms with Crippen molar-refractivity contribution in [2.45, 2.75) is 46.5 Å². The molecule has 7 nitrogen and oxygen atoms in total. The molecule has 0 unspecified atom stereocenters. The van der Waals surface area contributed by atoms with E-state index in [-0.39, 0.29) is 17.3 Å². The van der Waals surface area contributed by atoms with Crippen LogP contribution in [0.1, 0.15) is 36.7 Å². The summed E-state index contributed by atoms with van der Waals surface area (Å²) in [5.41, 5.74) is 1.52. The summed E-state index contributed by atoms with van der Waals surface area (Å²) < 4.78 is 6.32. The molecule has 2 rings (SSSR count). The van der Waals surface area contributed by atoms with E-state index < -0.39 is 13.2 Å². The molecular weight excluding hydrogens is 398 g/mol. The maximum Gasteiger partial charge on any atom is 0.292 e. The van der Waals surface area contributed by atoms with Gasteiger partial charge in [0.25, 0.3) is 11.6 Å². The van der Waals surface area contributed by atoms with Gasteiger partial charge in [-0.25, -0.2) is 0 Å². The molecule has 0 saturated heterocycles. The fraction of sp³-hybridized carbons (Fsp3) is 0.409. The number of hydrogen-bond donors (Lipinski definition) is 1. The third-order valence-corrected chi connectivity index (χ3v) is 7.10. The summed E-state index contributed by atoms with van der Waals surface area (Å²) in [6.07, 6.45) is 0. The molecule has 0 aliphatic carbocycles. The van der Waals surface area contributed by atoms with E-state index >= 15 is 0 Å². The van der Waals surface area contributed by atoms with E-state index in [2.05, 4.69) is 39.2 Å². The molecule has 162 valence electrons. The molecule has 0 aromatic heterocycles. The molecule has 0 aliphatic rings. The van der Waals surface area contributed by atoms with Gasteiger partial charge in [-0.05, 0) is 48.8 Å². The fourth-order valence-corrected chi connectivity index (χ4v) is 6.41. The second-order valence-corrected chi connectivity index (χ2v) is 12.4. The first-order valence-corrected chi connectivity index (χ1v) is 13.3. The number of nitro groups is 1. The van der Waals surface area contributed by atoms with Gasteiger partial charge in [0.2, 0.25) is 8.32 Å². The predicted molar refractivity (Wildman–Crippen MR) is 122 cm³/mol. The Morgan fingerprint density at radius 3 is 2.37 bits per heavy atom. The summed E-state index contributed by atoms with van der Waals surface area (Å²) in [5, 5.41) is 15.7. The molecule has 2 aromatic carbocycles. The molecule has 0 spiro atoms. The number of amides is 1. The molecule has 0 fully saturated rings. The van der Waals surface area contributed by atoms with E-state index in [1.165, 1.54) is 12.1 Å². The molecular formula is C22H31N3O4Si. The summed E-state index contributed by atoms with van der Waals surface area (Å²) >= 11 is 0. The van der Waals surface area contributed by atoms with Gasteiger partial charge in [0.15, 0.2) is 0 Å². The Bertz CT molecular complexity index is 869. The zero-order valence-electron chi connectivity index (χ0n) is 18.3. The van der Waals surface area contributed by atoms with Gasteiger partial charge in [-0.1, -0.05) is 45.0 Å². The average Bonchev–Trinajstić information content (AvgIpc) is 2.67. The van der Waals surface area contributed by atoms with Crippen LogP contribution in [-0.2, 0) is 11.1 Å². The molecule has 2 aromatic rings. The van der Waals surface area contributed by atoms with Crippen molar-refractivity contribution in [3.8, 4) is 0 Å². The summed E-state index contributed by atoms with van der Waals surface area (Å²) in [6.45, 7) is 12.3. The van der Waals surface area contributed by atoms with Gasteiger partial charge in [-0.2, -0.15) is 5.06 Å². The van der Waals surface area contributed by atoms with Crippen molar-refractivity contribution in [2.24, 2.45) is 5.92 Å². The highest BCUT2D eigenvalue weighted by molar-refractivity contribution is 6.71. The predicted octanol–water partition coefficient (Wildman–Crippen LogP) is 5.46. The van der Waals surface area contributed by atoms with E-state index in [0.29, 0.717) is 18.0 Å². The zero-order chi connectivity index (χ0) is 22.3. The van der Waals surface area contributed by atoms with E-state index in [4.69, 9.17) is 4.53 Å². The van der Waals surface area contributed by atoms with Crippen LogP contribution in [0.25, 0.3) is 0 Å². The van der Waals surface area contributed by atoms with Gasteiger partial charge in [-0.3, -0.25) is 14.9 Å².